The number of nitrogens with zero attached hydrogens (tertiary/aromatic N) is 1. The van der Waals surface area contributed by atoms with Gasteiger partial charge in [-0.25, -0.2) is 9.18 Å². The Morgan fingerprint density at radius 1 is 1.44 bits per heavy atom. The van der Waals surface area contributed by atoms with Crippen LogP contribution < -0.4 is 10.6 Å². The third kappa shape index (κ3) is 5.97. The zero-order valence-corrected chi connectivity index (χ0v) is 16.2. The highest BCUT2D eigenvalue weighted by molar-refractivity contribution is 9.10. The lowest BCUT2D eigenvalue weighted by Crippen LogP contribution is -2.54. The van der Waals surface area contributed by atoms with Crippen LogP contribution in [0.2, 0.25) is 0 Å². The molecule has 1 fully saturated rings. The van der Waals surface area contributed by atoms with Crippen molar-refractivity contribution in [2.45, 2.75) is 38.8 Å². The lowest BCUT2D eigenvalue weighted by atomic mass is 10.1. The number of piperazine rings is 1. The first kappa shape index (κ1) is 19.7. The van der Waals surface area contributed by atoms with Gasteiger partial charge in [-0.2, -0.15) is 0 Å². The molecule has 0 radical (unpaired) electrons. The van der Waals surface area contributed by atoms with Crippen LogP contribution in [0.4, 0.5) is 14.9 Å². The van der Waals surface area contributed by atoms with E-state index in [0.29, 0.717) is 25.3 Å². The summed E-state index contributed by atoms with van der Waals surface area (Å²) in [6, 6.07) is 4.26. The van der Waals surface area contributed by atoms with E-state index in [1.807, 2.05) is 20.8 Å². The number of halogens is 2. The van der Waals surface area contributed by atoms with E-state index >= 15 is 0 Å². The molecule has 2 N–H and O–H groups in total. The number of hydrogen-bond donors (Lipinski definition) is 2. The Bertz CT molecular complexity index is 649. The molecule has 1 unspecified atom stereocenters. The summed E-state index contributed by atoms with van der Waals surface area (Å²) in [7, 11) is 0. The summed E-state index contributed by atoms with van der Waals surface area (Å²) in [5.41, 5.74) is -0.178. The molecule has 2 amide bonds. The number of amides is 2. The number of benzene rings is 1. The predicted octanol–water partition coefficient (Wildman–Crippen LogP) is 3.13. The molecule has 1 saturated heterocycles. The van der Waals surface area contributed by atoms with Gasteiger partial charge in [-0.05, 0) is 48.8 Å². The second kappa shape index (κ2) is 8.14. The first-order valence-corrected chi connectivity index (χ1v) is 8.90. The number of nitrogens with one attached hydrogen (secondary N) is 2. The Hall–Kier alpha value is -1.67. The Morgan fingerprint density at radius 2 is 2.16 bits per heavy atom. The van der Waals surface area contributed by atoms with Gasteiger partial charge >= 0.3 is 6.09 Å². The number of carbonyl (C=O) groups is 2. The van der Waals surface area contributed by atoms with Gasteiger partial charge in [-0.1, -0.05) is 6.07 Å². The monoisotopic (exact) mass is 415 g/mol. The summed E-state index contributed by atoms with van der Waals surface area (Å²) in [5.74, 6) is -0.695. The predicted molar refractivity (Wildman–Crippen MR) is 96.9 cm³/mol. The van der Waals surface area contributed by atoms with Gasteiger partial charge in [0.15, 0.2) is 0 Å². The summed E-state index contributed by atoms with van der Waals surface area (Å²) in [5, 5.41) is 5.89. The lowest BCUT2D eigenvalue weighted by Gasteiger charge is -2.34. The van der Waals surface area contributed by atoms with Crippen LogP contribution in [0.1, 0.15) is 27.2 Å². The molecule has 1 heterocycles. The molecule has 6 nitrogen and oxygen atoms in total. The Labute approximate surface area is 155 Å². The number of ether oxygens (including phenoxy) is 1. The molecule has 1 aliphatic heterocycles. The van der Waals surface area contributed by atoms with Gasteiger partial charge in [0.05, 0.1) is 10.2 Å². The molecule has 0 spiro atoms. The van der Waals surface area contributed by atoms with E-state index in [1.54, 1.807) is 11.0 Å². The van der Waals surface area contributed by atoms with Crippen molar-refractivity contribution in [1.82, 2.24) is 10.2 Å². The Morgan fingerprint density at radius 3 is 2.84 bits per heavy atom. The number of rotatable bonds is 3. The first-order chi connectivity index (χ1) is 11.7. The highest BCUT2D eigenvalue weighted by Crippen LogP contribution is 2.25. The summed E-state index contributed by atoms with van der Waals surface area (Å²) in [4.78, 5) is 26.0. The molecule has 8 heteroatoms. The molecule has 1 atom stereocenters. The van der Waals surface area contributed by atoms with Crippen molar-refractivity contribution in [2.24, 2.45) is 0 Å². The zero-order valence-electron chi connectivity index (χ0n) is 14.6. The average Bonchev–Trinajstić information content (AvgIpc) is 2.50. The summed E-state index contributed by atoms with van der Waals surface area (Å²) >= 11 is 3.12. The van der Waals surface area contributed by atoms with E-state index < -0.39 is 11.4 Å². The van der Waals surface area contributed by atoms with Gasteiger partial charge in [-0.3, -0.25) is 4.79 Å². The Balaban J connectivity index is 1.90. The molecule has 2 rings (SSSR count). The minimum absolute atomic E-state index is 0.169. The fraction of sp³-hybridized carbons (Fsp3) is 0.529. The van der Waals surface area contributed by atoms with Crippen LogP contribution in [0.5, 0.6) is 0 Å². The van der Waals surface area contributed by atoms with Gasteiger partial charge < -0.3 is 20.3 Å². The van der Waals surface area contributed by atoms with Crippen molar-refractivity contribution in [3.05, 3.63) is 28.5 Å². The SMILES string of the molecule is CC(C)(C)OC(=O)N1CCNC(CC(=O)Nc2cccc(F)c2Br)C1. The molecule has 1 aromatic rings. The highest BCUT2D eigenvalue weighted by atomic mass is 79.9. The molecule has 1 aromatic carbocycles. The van der Waals surface area contributed by atoms with Crippen LogP contribution in [-0.2, 0) is 9.53 Å². The maximum atomic E-state index is 13.5. The number of anilines is 1. The second-order valence-corrected chi connectivity index (χ2v) is 7.72. The van der Waals surface area contributed by atoms with Crippen molar-refractivity contribution < 1.29 is 18.7 Å². The zero-order chi connectivity index (χ0) is 18.6. The van der Waals surface area contributed by atoms with E-state index in [2.05, 4.69) is 26.6 Å². The van der Waals surface area contributed by atoms with Gasteiger partial charge in [0.2, 0.25) is 5.91 Å². The molecular weight excluding hydrogens is 393 g/mol. The molecule has 0 saturated carbocycles. The quantitative estimate of drug-likeness (QED) is 0.795. The van der Waals surface area contributed by atoms with E-state index in [1.165, 1.54) is 12.1 Å². The molecule has 0 bridgehead atoms. The molecule has 0 aliphatic carbocycles. The topological polar surface area (TPSA) is 70.7 Å². The van der Waals surface area contributed by atoms with Crippen molar-refractivity contribution in [1.29, 1.82) is 0 Å². The maximum absolute atomic E-state index is 13.5. The largest absolute Gasteiger partial charge is 0.444 e. The van der Waals surface area contributed by atoms with Gasteiger partial charge in [-0.15, -0.1) is 0 Å². The number of hydrogen-bond acceptors (Lipinski definition) is 4. The van der Waals surface area contributed by atoms with Crippen LogP contribution >= 0.6 is 15.9 Å². The standard InChI is InChI=1S/C17H23BrFN3O3/c1-17(2,3)25-16(24)22-8-7-20-11(10-22)9-14(23)21-13-6-4-5-12(19)15(13)18/h4-6,11,20H,7-10H2,1-3H3,(H,21,23). The van der Waals surface area contributed by atoms with E-state index in [0.717, 1.165) is 0 Å². The Kier molecular flexibility index (Phi) is 6.40. The highest BCUT2D eigenvalue weighted by Gasteiger charge is 2.28. The van der Waals surface area contributed by atoms with Gasteiger partial charge in [0, 0.05) is 32.1 Å². The van der Waals surface area contributed by atoms with E-state index in [9.17, 15) is 14.0 Å². The lowest BCUT2D eigenvalue weighted by molar-refractivity contribution is -0.117. The molecule has 1 aliphatic rings. The van der Waals surface area contributed by atoms with E-state index in [4.69, 9.17) is 4.74 Å². The van der Waals surface area contributed by atoms with Crippen LogP contribution in [0.25, 0.3) is 0 Å². The van der Waals surface area contributed by atoms with Crippen molar-refractivity contribution in [2.75, 3.05) is 25.0 Å². The average molecular weight is 416 g/mol. The molecule has 138 valence electrons. The van der Waals surface area contributed by atoms with Gasteiger partial charge in [0.25, 0.3) is 0 Å². The minimum Gasteiger partial charge on any atom is -0.444 e. The summed E-state index contributed by atoms with van der Waals surface area (Å²) < 4.78 is 19.1. The van der Waals surface area contributed by atoms with Gasteiger partial charge in [0.1, 0.15) is 11.4 Å². The van der Waals surface area contributed by atoms with Crippen LogP contribution in [0.3, 0.4) is 0 Å². The minimum atomic E-state index is -0.557. The normalized spacial score (nSPS) is 18.0. The third-order valence-electron chi connectivity index (χ3n) is 3.56. The smallest absolute Gasteiger partial charge is 0.410 e. The fourth-order valence-electron chi connectivity index (χ4n) is 2.48. The molecular formula is C17H23BrFN3O3. The van der Waals surface area contributed by atoms with Crippen molar-refractivity contribution in [3.63, 3.8) is 0 Å². The summed E-state index contributed by atoms with van der Waals surface area (Å²) in [6.45, 7) is 6.94. The molecule has 25 heavy (non-hydrogen) atoms. The number of carbonyl (C=O) groups excluding carboxylic acids is 2. The first-order valence-electron chi connectivity index (χ1n) is 8.11. The van der Waals surface area contributed by atoms with Crippen LogP contribution in [-0.4, -0.2) is 48.2 Å². The van der Waals surface area contributed by atoms with Crippen LogP contribution in [0, 0.1) is 5.82 Å². The van der Waals surface area contributed by atoms with Crippen molar-refractivity contribution >= 4 is 33.6 Å². The van der Waals surface area contributed by atoms with E-state index in [-0.39, 0.29) is 28.9 Å². The summed E-state index contributed by atoms with van der Waals surface area (Å²) in [6.07, 6.45) is -0.213. The maximum Gasteiger partial charge on any atom is 0.410 e. The molecule has 0 aromatic heterocycles. The third-order valence-corrected chi connectivity index (χ3v) is 4.37. The fourth-order valence-corrected chi connectivity index (χ4v) is 2.84. The van der Waals surface area contributed by atoms with Crippen molar-refractivity contribution in [3.8, 4) is 0 Å². The second-order valence-electron chi connectivity index (χ2n) is 6.93. The van der Waals surface area contributed by atoms with Crippen LogP contribution in [0.15, 0.2) is 22.7 Å².